The Bertz CT molecular complexity index is 526. The summed E-state index contributed by atoms with van der Waals surface area (Å²) >= 11 is 0. The third-order valence-corrected chi connectivity index (χ3v) is 3.67. The summed E-state index contributed by atoms with van der Waals surface area (Å²) in [5, 5.41) is 7.69. The van der Waals surface area contributed by atoms with Crippen LogP contribution in [0.25, 0.3) is 0 Å². The van der Waals surface area contributed by atoms with Crippen molar-refractivity contribution in [3.05, 3.63) is 24.3 Å². The molecule has 0 heterocycles. The quantitative estimate of drug-likeness (QED) is 0.711. The number of carbonyl (C=O) groups is 1. The molecule has 0 saturated carbocycles. The Kier molecular flexibility index (Phi) is 5.46. The molecule has 1 amide bonds. The maximum Gasteiger partial charge on any atom is 0.238 e. The van der Waals surface area contributed by atoms with Gasteiger partial charge in [0, 0.05) is 12.2 Å². The molecule has 0 saturated heterocycles. The molecule has 0 bridgehead atoms. The Hall–Kier alpha value is -1.44. The highest BCUT2D eigenvalue weighted by atomic mass is 32.2. The predicted molar refractivity (Wildman–Crippen MR) is 73.9 cm³/mol. The molecular weight excluding hydrogens is 266 g/mol. The van der Waals surface area contributed by atoms with E-state index in [1.165, 1.54) is 24.3 Å². The molecule has 1 rings (SSSR count). The van der Waals surface area contributed by atoms with Crippen molar-refractivity contribution in [2.75, 3.05) is 11.9 Å². The van der Waals surface area contributed by atoms with Crippen molar-refractivity contribution in [2.45, 2.75) is 24.7 Å². The second-order valence-corrected chi connectivity index (χ2v) is 5.84. The lowest BCUT2D eigenvalue weighted by molar-refractivity contribution is -0.119. The van der Waals surface area contributed by atoms with Crippen LogP contribution in [0, 0.1) is 5.92 Å². The number of sulfonamides is 1. The van der Waals surface area contributed by atoms with Crippen LogP contribution in [0.15, 0.2) is 29.2 Å². The molecule has 6 nitrogen and oxygen atoms in total. The lowest BCUT2D eigenvalue weighted by Crippen LogP contribution is -2.29. The van der Waals surface area contributed by atoms with Crippen LogP contribution in [-0.4, -0.2) is 20.9 Å². The van der Waals surface area contributed by atoms with Crippen molar-refractivity contribution in [2.24, 2.45) is 16.8 Å². The van der Waals surface area contributed by atoms with Gasteiger partial charge in [0.15, 0.2) is 0 Å². The fraction of sp³-hybridized carbons (Fsp3) is 0.417. The van der Waals surface area contributed by atoms with E-state index >= 15 is 0 Å². The van der Waals surface area contributed by atoms with Crippen LogP contribution < -0.4 is 16.2 Å². The van der Waals surface area contributed by atoms with Gasteiger partial charge in [-0.15, -0.1) is 0 Å². The Morgan fingerprint density at radius 1 is 1.32 bits per heavy atom. The summed E-state index contributed by atoms with van der Waals surface area (Å²) in [6.45, 7) is 2.27. The number of anilines is 1. The fourth-order valence-corrected chi connectivity index (χ4v) is 2.19. The highest BCUT2D eigenvalue weighted by molar-refractivity contribution is 7.89. The van der Waals surface area contributed by atoms with Gasteiger partial charge < -0.3 is 11.1 Å². The third kappa shape index (κ3) is 4.62. The van der Waals surface area contributed by atoms with Gasteiger partial charge in [-0.1, -0.05) is 13.3 Å². The second-order valence-electron chi connectivity index (χ2n) is 4.28. The zero-order valence-corrected chi connectivity index (χ0v) is 11.6. The summed E-state index contributed by atoms with van der Waals surface area (Å²) in [6.07, 6.45) is 1.59. The zero-order valence-electron chi connectivity index (χ0n) is 10.8. The average Bonchev–Trinajstić information content (AvgIpc) is 2.35. The third-order valence-electron chi connectivity index (χ3n) is 2.74. The molecule has 0 radical (unpaired) electrons. The first-order chi connectivity index (χ1) is 8.88. The van der Waals surface area contributed by atoms with E-state index in [-0.39, 0.29) is 23.3 Å². The van der Waals surface area contributed by atoms with Crippen molar-refractivity contribution in [1.29, 1.82) is 0 Å². The van der Waals surface area contributed by atoms with Crippen LogP contribution >= 0.6 is 0 Å². The van der Waals surface area contributed by atoms with Gasteiger partial charge in [0.25, 0.3) is 0 Å². The van der Waals surface area contributed by atoms with Gasteiger partial charge in [-0.05, 0) is 30.7 Å². The molecule has 0 aliphatic heterocycles. The molecule has 1 aromatic rings. The summed E-state index contributed by atoms with van der Waals surface area (Å²) in [5.74, 6) is -0.393. The number of primary sulfonamides is 1. The summed E-state index contributed by atoms with van der Waals surface area (Å²) in [5.41, 5.74) is 6.06. The maximum absolute atomic E-state index is 11.9. The van der Waals surface area contributed by atoms with E-state index in [0.717, 1.165) is 12.8 Å². The summed E-state index contributed by atoms with van der Waals surface area (Å²) in [4.78, 5) is 11.9. The highest BCUT2D eigenvalue weighted by Crippen LogP contribution is 2.14. The van der Waals surface area contributed by atoms with Gasteiger partial charge in [0.05, 0.1) is 10.8 Å². The number of benzene rings is 1. The van der Waals surface area contributed by atoms with Gasteiger partial charge in [0.2, 0.25) is 15.9 Å². The van der Waals surface area contributed by atoms with Crippen molar-refractivity contribution in [3.63, 3.8) is 0 Å². The second kappa shape index (κ2) is 6.65. The van der Waals surface area contributed by atoms with Crippen LogP contribution in [0.1, 0.15) is 19.8 Å². The van der Waals surface area contributed by atoms with Crippen LogP contribution in [0.3, 0.4) is 0 Å². The number of hydrogen-bond donors (Lipinski definition) is 3. The molecule has 0 spiro atoms. The number of nitrogens with one attached hydrogen (secondary N) is 1. The van der Waals surface area contributed by atoms with Gasteiger partial charge >= 0.3 is 0 Å². The minimum absolute atomic E-state index is 0.00873. The van der Waals surface area contributed by atoms with Crippen LogP contribution in [0.2, 0.25) is 0 Å². The number of amides is 1. The first-order valence-corrected chi connectivity index (χ1v) is 7.57. The molecule has 106 valence electrons. The van der Waals surface area contributed by atoms with Crippen LogP contribution in [0.5, 0.6) is 0 Å². The minimum atomic E-state index is -3.71. The van der Waals surface area contributed by atoms with E-state index in [1.807, 2.05) is 6.92 Å². The monoisotopic (exact) mass is 285 g/mol. The molecule has 0 fully saturated rings. The van der Waals surface area contributed by atoms with Gasteiger partial charge in [-0.25, -0.2) is 13.6 Å². The predicted octanol–water partition coefficient (Wildman–Crippen LogP) is 0.648. The Balaban J connectivity index is 2.75. The number of carbonyl (C=O) groups excluding carboxylic acids is 1. The SMILES string of the molecule is CCCC(CN)C(=O)Nc1ccc(S(N)(=O)=O)cc1. The molecule has 0 aliphatic carbocycles. The lowest BCUT2D eigenvalue weighted by atomic mass is 10.0. The molecule has 19 heavy (non-hydrogen) atoms. The average molecular weight is 285 g/mol. The standard InChI is InChI=1S/C12H19N3O3S/c1-2-3-9(8-13)12(16)15-10-4-6-11(7-5-10)19(14,17)18/h4-7,9H,2-3,8,13H2,1H3,(H,15,16)(H2,14,17,18). The summed E-state index contributed by atoms with van der Waals surface area (Å²) in [6, 6.07) is 5.69. The molecule has 7 heteroatoms. The Labute approximate surface area is 113 Å². The molecule has 0 aromatic heterocycles. The largest absolute Gasteiger partial charge is 0.330 e. The molecule has 5 N–H and O–H groups in total. The van der Waals surface area contributed by atoms with Gasteiger partial charge in [-0.3, -0.25) is 4.79 Å². The van der Waals surface area contributed by atoms with Gasteiger partial charge in [-0.2, -0.15) is 0 Å². The van der Waals surface area contributed by atoms with Crippen molar-refractivity contribution in [1.82, 2.24) is 0 Å². The van der Waals surface area contributed by atoms with E-state index in [9.17, 15) is 13.2 Å². The van der Waals surface area contributed by atoms with Crippen molar-refractivity contribution >= 4 is 21.6 Å². The van der Waals surface area contributed by atoms with Crippen LogP contribution in [-0.2, 0) is 14.8 Å². The normalized spacial score (nSPS) is 13.0. The summed E-state index contributed by atoms with van der Waals surface area (Å²) in [7, 11) is -3.71. The van der Waals surface area contributed by atoms with Crippen molar-refractivity contribution in [3.8, 4) is 0 Å². The minimum Gasteiger partial charge on any atom is -0.330 e. The first-order valence-electron chi connectivity index (χ1n) is 6.02. The van der Waals surface area contributed by atoms with Gasteiger partial charge in [0.1, 0.15) is 0 Å². The number of hydrogen-bond acceptors (Lipinski definition) is 4. The maximum atomic E-state index is 11.9. The number of rotatable bonds is 6. The highest BCUT2D eigenvalue weighted by Gasteiger charge is 2.16. The van der Waals surface area contributed by atoms with E-state index < -0.39 is 10.0 Å². The fourth-order valence-electron chi connectivity index (χ4n) is 1.68. The van der Waals surface area contributed by atoms with E-state index in [0.29, 0.717) is 5.69 Å². The van der Waals surface area contributed by atoms with Crippen molar-refractivity contribution < 1.29 is 13.2 Å². The lowest BCUT2D eigenvalue weighted by Gasteiger charge is -2.14. The van der Waals surface area contributed by atoms with E-state index in [4.69, 9.17) is 10.9 Å². The smallest absolute Gasteiger partial charge is 0.238 e. The molecular formula is C12H19N3O3S. The molecule has 1 aromatic carbocycles. The molecule has 1 atom stereocenters. The molecule has 1 unspecified atom stereocenters. The van der Waals surface area contributed by atoms with E-state index in [2.05, 4.69) is 5.32 Å². The zero-order chi connectivity index (χ0) is 14.5. The number of nitrogens with two attached hydrogens (primary N) is 2. The first kappa shape index (κ1) is 15.6. The topological polar surface area (TPSA) is 115 Å². The Morgan fingerprint density at radius 2 is 1.89 bits per heavy atom. The van der Waals surface area contributed by atoms with Crippen LogP contribution in [0.4, 0.5) is 5.69 Å². The summed E-state index contributed by atoms with van der Waals surface area (Å²) < 4.78 is 22.2. The van der Waals surface area contributed by atoms with E-state index in [1.54, 1.807) is 0 Å². The molecule has 0 aliphatic rings. The Morgan fingerprint density at radius 3 is 2.32 bits per heavy atom.